The first-order valence-corrected chi connectivity index (χ1v) is 39.7. The van der Waals surface area contributed by atoms with Crippen molar-refractivity contribution >= 4 is 129 Å². The average molecular weight is 1750 g/mol. The summed E-state index contributed by atoms with van der Waals surface area (Å²) in [5.41, 5.74) is 24.1. The van der Waals surface area contributed by atoms with Crippen molar-refractivity contribution in [1.29, 1.82) is 10.8 Å². The number of hydrogen-bond donors (Lipinski definition) is 27. The molecular weight excluding hydrogens is 1640 g/mol. The number of amides is 14. The van der Waals surface area contributed by atoms with Gasteiger partial charge in [0.05, 0.1) is 38.1 Å². The first-order chi connectivity index (χ1) is 59.5. The number of rotatable bonds is 54. The predicted molar refractivity (Wildman–Crippen MR) is 440 cm³/mol. The second kappa shape index (κ2) is 50.5. The summed E-state index contributed by atoms with van der Waals surface area (Å²) in [6.07, 6.45) is -2.69. The summed E-state index contributed by atoms with van der Waals surface area (Å²) in [4.78, 5) is 257. The van der Waals surface area contributed by atoms with Crippen molar-refractivity contribution in [3.8, 4) is 0 Å². The number of H-pyrrole nitrogens is 2. The summed E-state index contributed by atoms with van der Waals surface area (Å²) in [7, 11) is 0. The molecule has 676 valence electrons. The predicted octanol–water partition coefficient (Wildman–Crippen LogP) is -7.37. The lowest BCUT2D eigenvalue weighted by atomic mass is 10.0. The number of aliphatic hydroxyl groups excluding tert-OH is 1. The number of aromatic nitrogens is 3. The number of carboxylic acid groups (broad SMARTS) is 4. The maximum absolute atomic E-state index is 15.1. The standard InChI is InChI=1S/C78H106N24O23/c79-35-60(105)91-51(19-10-28-87-78(83)84)75(123)102-29-11-20-58(102)74(122)100-53(32-43-36-88-46-17-8-7-16-45(43)46)70(118)93-47(18-9-27-86-77(81)82)66(114)95-49(22-25-63(109)110)67(115)97-52(30-41-12-3-1-4-13-41)69(117)98-54(33-44-37-85-40-90-44)71(119)101-57(39-103)73(121)96-50(23-26-64(111)112)68(116)99-55(34-59(80)104)72(120)94-48(21-24-62(107)108)65(113)89-38-61(106)92-56(76(124)125)31-42-14-5-2-6-15-42/h1-8,12-17,36-37,40,47-58,88,103H,9-11,18-35,38-39,79H2,(H2,80,104)(H,85,90)(H,89,113)(H,91,105)(H,92,106)(H,93,118)(H,94,120)(H,95,114)(H,96,121)(H,97,115)(H,98,117)(H,99,116)(H,100,122)(H,101,119)(H,107,108)(H,109,110)(H,111,112)(H,124,125)(H4,81,82,86)(H4,83,84,87)/t47-,48-,49-,50-,51-,52-,53-,54-,55-,56-,57-,58-/m0/s1. The molecule has 0 bridgehead atoms. The van der Waals surface area contributed by atoms with E-state index in [1.54, 1.807) is 91.1 Å². The number of hydrogen-bond acceptors (Lipinski definition) is 23. The maximum atomic E-state index is 15.1. The first kappa shape index (κ1) is 99.1. The van der Waals surface area contributed by atoms with Crippen molar-refractivity contribution in [2.24, 2.45) is 22.9 Å². The molecule has 47 heteroatoms. The number of para-hydroxylation sites is 1. The fraction of sp³-hybridized carbons (Fsp3) is 0.449. The van der Waals surface area contributed by atoms with Gasteiger partial charge >= 0.3 is 23.9 Å². The molecule has 1 fully saturated rings. The number of fused-ring (bicyclic) bond motifs is 1. The highest BCUT2D eigenvalue weighted by molar-refractivity contribution is 6.01. The minimum Gasteiger partial charge on any atom is -0.481 e. The molecule has 0 spiro atoms. The molecule has 3 aromatic carbocycles. The van der Waals surface area contributed by atoms with E-state index in [-0.39, 0.29) is 76.2 Å². The number of nitrogens with two attached hydrogens (primary N) is 4. The van der Waals surface area contributed by atoms with Gasteiger partial charge in [0, 0.05) is 87.9 Å². The van der Waals surface area contributed by atoms with Crippen LogP contribution in [0.4, 0.5) is 0 Å². The smallest absolute Gasteiger partial charge is 0.326 e. The zero-order valence-electron chi connectivity index (χ0n) is 67.8. The van der Waals surface area contributed by atoms with Crippen LogP contribution in [0.1, 0.15) is 106 Å². The minimum atomic E-state index is -2.11. The van der Waals surface area contributed by atoms with Crippen LogP contribution in [0.5, 0.6) is 0 Å². The molecule has 0 saturated carbocycles. The number of benzene rings is 3. The molecule has 1 aliphatic heterocycles. The van der Waals surface area contributed by atoms with Crippen LogP contribution < -0.4 is 97.4 Å². The van der Waals surface area contributed by atoms with E-state index in [9.17, 15) is 107 Å². The highest BCUT2D eigenvalue weighted by Crippen LogP contribution is 2.23. The zero-order valence-corrected chi connectivity index (χ0v) is 67.8. The summed E-state index contributed by atoms with van der Waals surface area (Å²) >= 11 is 0. The van der Waals surface area contributed by atoms with Crippen LogP contribution in [-0.2, 0) is 112 Å². The molecule has 12 atom stereocenters. The van der Waals surface area contributed by atoms with E-state index in [1.165, 1.54) is 17.4 Å². The molecule has 125 heavy (non-hydrogen) atoms. The van der Waals surface area contributed by atoms with Crippen LogP contribution in [0.15, 0.2) is 104 Å². The molecule has 0 radical (unpaired) electrons. The summed E-state index contributed by atoms with van der Waals surface area (Å²) in [6, 6.07) is 2.29. The van der Waals surface area contributed by atoms with Gasteiger partial charge in [-0.3, -0.25) is 92.3 Å². The van der Waals surface area contributed by atoms with Gasteiger partial charge in [0.25, 0.3) is 0 Å². The lowest BCUT2D eigenvalue weighted by Crippen LogP contribution is -2.61. The molecule has 31 N–H and O–H groups in total. The number of nitrogens with zero attached hydrogens (tertiary/aromatic N) is 2. The minimum absolute atomic E-state index is 0.0316. The van der Waals surface area contributed by atoms with Gasteiger partial charge < -0.3 is 138 Å². The fourth-order valence-corrected chi connectivity index (χ4v) is 13.2. The maximum Gasteiger partial charge on any atom is 0.326 e. The van der Waals surface area contributed by atoms with E-state index in [4.69, 9.17) is 33.8 Å². The number of aromatic amines is 2. The van der Waals surface area contributed by atoms with Crippen LogP contribution in [0, 0.1) is 10.8 Å². The number of guanidine groups is 2. The SMILES string of the molecule is N=C(N)NCCC[C@H](NC(=O)[C@H](Cc1c[nH]c2ccccc12)NC(=O)[C@@H]1CCCN1C(=O)[C@H](CCCNC(=N)N)NC(=O)CN)C(=O)N[C@@H](CCC(=O)O)C(=O)N[C@@H](Cc1ccccc1)C(=O)N[C@@H](Cc1c[nH]cn1)C(=O)N[C@@H](CO)C(=O)N[C@@H](CCC(=O)O)C(=O)N[C@@H](CC(N)=O)C(=O)N[C@@H](CCC(=O)O)C(=O)NCC(=O)N[C@@H](Cc1ccccc1)C(=O)O. The largest absolute Gasteiger partial charge is 0.481 e. The first-order valence-electron chi connectivity index (χ1n) is 39.7. The van der Waals surface area contributed by atoms with E-state index in [2.05, 4.69) is 89.4 Å². The van der Waals surface area contributed by atoms with Crippen molar-refractivity contribution < 1.29 is 112 Å². The highest BCUT2D eigenvalue weighted by atomic mass is 16.4. The van der Waals surface area contributed by atoms with E-state index < -0.39 is 263 Å². The Kier molecular flexibility index (Phi) is 40.1. The number of carbonyl (C=O) groups excluding carboxylic acids is 14. The number of carbonyl (C=O) groups is 18. The van der Waals surface area contributed by atoms with Crippen LogP contribution in [0.25, 0.3) is 10.9 Å². The normalized spacial score (nSPS) is 14.8. The third kappa shape index (κ3) is 34.0. The van der Waals surface area contributed by atoms with Crippen LogP contribution in [0.3, 0.4) is 0 Å². The number of carboxylic acids is 4. The number of primary amides is 1. The zero-order chi connectivity index (χ0) is 91.8. The van der Waals surface area contributed by atoms with Crippen LogP contribution in [-0.4, -0.2) is 276 Å². The molecule has 0 aliphatic carbocycles. The third-order valence-corrected chi connectivity index (χ3v) is 19.5. The van der Waals surface area contributed by atoms with Crippen LogP contribution >= 0.6 is 0 Å². The third-order valence-electron chi connectivity index (χ3n) is 19.5. The van der Waals surface area contributed by atoms with Gasteiger partial charge in [0.15, 0.2) is 11.9 Å². The Labute approximate surface area is 713 Å². The van der Waals surface area contributed by atoms with Gasteiger partial charge in [0.2, 0.25) is 82.7 Å². The van der Waals surface area contributed by atoms with Gasteiger partial charge in [-0.05, 0) is 80.5 Å². The van der Waals surface area contributed by atoms with Crippen LogP contribution in [0.2, 0.25) is 0 Å². The summed E-state index contributed by atoms with van der Waals surface area (Å²) in [5, 5.41) is 99.4. The van der Waals surface area contributed by atoms with E-state index in [1.807, 2.05) is 0 Å². The van der Waals surface area contributed by atoms with Gasteiger partial charge in [-0.15, -0.1) is 0 Å². The monoisotopic (exact) mass is 1750 g/mol. The molecule has 5 aromatic rings. The highest BCUT2D eigenvalue weighted by Gasteiger charge is 2.42. The number of nitrogens with one attached hydrogen (secondary N) is 18. The summed E-state index contributed by atoms with van der Waals surface area (Å²) in [5.74, 6) is -22.4. The van der Waals surface area contributed by atoms with Gasteiger partial charge in [0.1, 0.15) is 72.5 Å². The molecule has 14 amide bonds. The molecule has 6 rings (SSSR count). The molecule has 2 aromatic heterocycles. The van der Waals surface area contributed by atoms with Crippen molar-refractivity contribution in [3.05, 3.63) is 126 Å². The lowest BCUT2D eigenvalue weighted by Gasteiger charge is -2.30. The quantitative estimate of drug-likeness (QED) is 0.00977. The van der Waals surface area contributed by atoms with Gasteiger partial charge in [-0.1, -0.05) is 78.9 Å². The van der Waals surface area contributed by atoms with E-state index in [0.717, 1.165) is 0 Å². The lowest BCUT2D eigenvalue weighted by molar-refractivity contribution is -0.142. The number of imidazole rings is 1. The molecule has 47 nitrogen and oxygen atoms in total. The van der Waals surface area contributed by atoms with Crippen molar-refractivity contribution in [1.82, 2.24) is 94.3 Å². The molecule has 1 saturated heterocycles. The second-order valence-electron chi connectivity index (χ2n) is 29.1. The van der Waals surface area contributed by atoms with Crippen molar-refractivity contribution in [2.75, 3.05) is 39.3 Å². The number of aliphatic hydroxyl groups is 1. The molecule has 1 aliphatic rings. The summed E-state index contributed by atoms with van der Waals surface area (Å²) < 4.78 is 0. The Balaban J connectivity index is 1.23. The number of aliphatic carboxylic acids is 4. The van der Waals surface area contributed by atoms with E-state index in [0.29, 0.717) is 34.0 Å². The Morgan fingerprint density at radius 2 is 0.896 bits per heavy atom. The fourth-order valence-electron chi connectivity index (χ4n) is 13.2. The average Bonchev–Trinajstić information content (AvgIpc) is 1.68. The Morgan fingerprint density at radius 3 is 1.38 bits per heavy atom. The second-order valence-corrected chi connectivity index (χ2v) is 29.1. The Bertz CT molecular complexity index is 4630. The van der Waals surface area contributed by atoms with E-state index >= 15 is 4.79 Å². The van der Waals surface area contributed by atoms with Crippen molar-refractivity contribution in [2.45, 2.75) is 182 Å². The summed E-state index contributed by atoms with van der Waals surface area (Å²) in [6.45, 7) is -2.55. The topological polar surface area (TPSA) is 776 Å². The molecule has 3 heterocycles. The Morgan fingerprint density at radius 1 is 0.464 bits per heavy atom. The number of likely N-dealkylation sites (tertiary alicyclic amines) is 1. The Hall–Kier alpha value is -14.7. The van der Waals surface area contributed by atoms with Crippen molar-refractivity contribution in [3.63, 3.8) is 0 Å². The van der Waals surface area contributed by atoms with Gasteiger partial charge in [-0.25, -0.2) is 9.78 Å². The molecular formula is C78H106N24O23. The molecule has 0 unspecified atom stereocenters. The van der Waals surface area contributed by atoms with Gasteiger partial charge in [-0.2, -0.15) is 0 Å².